The van der Waals surface area contributed by atoms with Crippen LogP contribution in [0.5, 0.6) is 5.88 Å². The van der Waals surface area contributed by atoms with E-state index in [0.29, 0.717) is 10.7 Å². The molecule has 0 saturated heterocycles. The number of hydrogen-bond acceptors (Lipinski definition) is 6. The number of hydrogen-bond donors (Lipinski definition) is 1. The van der Waals surface area contributed by atoms with Gasteiger partial charge in [0.05, 0.1) is 12.8 Å². The van der Waals surface area contributed by atoms with E-state index in [1.807, 2.05) is 0 Å². The Morgan fingerprint density at radius 3 is 2.67 bits per heavy atom. The Bertz CT molecular complexity index is 567. The van der Waals surface area contributed by atoms with Crippen LogP contribution in [0.4, 0.5) is 10.6 Å². The average Bonchev–Trinajstić information content (AvgIpc) is 2.72. The summed E-state index contributed by atoms with van der Waals surface area (Å²) in [6, 6.07) is 6.77. The predicted octanol–water partition coefficient (Wildman–Crippen LogP) is 1.65. The van der Waals surface area contributed by atoms with E-state index in [-0.39, 0.29) is 11.7 Å². The maximum atomic E-state index is 10.9. The van der Waals surface area contributed by atoms with Crippen molar-refractivity contribution in [2.45, 2.75) is 0 Å². The molecule has 0 unspecified atom stereocenters. The Morgan fingerprint density at radius 2 is 2.06 bits per heavy atom. The van der Waals surface area contributed by atoms with E-state index in [1.54, 1.807) is 24.3 Å². The fraction of sp³-hybridized carbons (Fsp3) is 0.100. The van der Waals surface area contributed by atoms with E-state index in [4.69, 9.17) is 22.1 Å². The van der Waals surface area contributed by atoms with Gasteiger partial charge in [-0.2, -0.15) is 4.68 Å². The molecule has 0 bridgehead atoms. The van der Waals surface area contributed by atoms with E-state index in [2.05, 4.69) is 15.0 Å². The molecule has 1 aromatic carbocycles. The molecule has 0 aliphatic heterocycles. The Hall–Kier alpha value is -2.28. The van der Waals surface area contributed by atoms with Crippen molar-refractivity contribution in [2.75, 3.05) is 12.8 Å². The number of carbonyl (C=O) groups is 1. The number of nitrogens with two attached hydrogens (primary N) is 1. The monoisotopic (exact) mass is 268 g/mol. The first-order valence-electron chi connectivity index (χ1n) is 4.84. The molecular weight excluding hydrogens is 260 g/mol. The molecule has 18 heavy (non-hydrogen) atoms. The van der Waals surface area contributed by atoms with Crippen molar-refractivity contribution in [3.8, 4) is 11.6 Å². The molecule has 0 atom stereocenters. The number of anilines is 1. The first-order chi connectivity index (χ1) is 8.61. The number of ether oxygens (including phenoxy) is 2. The number of nitrogens with zero attached hydrogens (tertiary/aromatic N) is 3. The molecule has 8 heteroatoms. The van der Waals surface area contributed by atoms with Gasteiger partial charge in [0.25, 0.3) is 5.88 Å². The summed E-state index contributed by atoms with van der Waals surface area (Å²) in [5.74, 6) is -0.0282. The number of halogens is 1. The quantitative estimate of drug-likeness (QED) is 0.833. The molecule has 0 amide bonds. The molecule has 7 nitrogen and oxygen atoms in total. The summed E-state index contributed by atoms with van der Waals surface area (Å²) < 4.78 is 10.4. The molecule has 0 fully saturated rings. The van der Waals surface area contributed by atoms with Crippen molar-refractivity contribution in [2.24, 2.45) is 0 Å². The largest absolute Gasteiger partial charge is 0.515 e. The van der Waals surface area contributed by atoms with Crippen LogP contribution >= 0.6 is 11.6 Å². The van der Waals surface area contributed by atoms with E-state index in [0.717, 1.165) is 0 Å². The van der Waals surface area contributed by atoms with Gasteiger partial charge in [0.1, 0.15) is 0 Å². The second-order valence-corrected chi connectivity index (χ2v) is 3.66. The minimum absolute atomic E-state index is 0.0859. The second kappa shape index (κ2) is 4.92. The number of carbonyl (C=O) groups excluding carboxylic acids is 1. The highest BCUT2D eigenvalue weighted by Gasteiger charge is 2.15. The smallest absolute Gasteiger partial charge is 0.437 e. The minimum Gasteiger partial charge on any atom is -0.437 e. The number of methoxy groups -OCH3 is 1. The summed E-state index contributed by atoms with van der Waals surface area (Å²) >= 11 is 5.77. The van der Waals surface area contributed by atoms with E-state index >= 15 is 0 Å². The molecular formula is C10H9ClN4O3. The van der Waals surface area contributed by atoms with Crippen LogP contribution in [0.1, 0.15) is 0 Å². The third-order valence-electron chi connectivity index (χ3n) is 2.09. The summed E-state index contributed by atoms with van der Waals surface area (Å²) in [6.45, 7) is 0. The van der Waals surface area contributed by atoms with Crippen molar-refractivity contribution in [1.29, 1.82) is 0 Å². The average molecular weight is 269 g/mol. The van der Waals surface area contributed by atoms with Crippen LogP contribution in [0, 0.1) is 0 Å². The Kier molecular flexibility index (Phi) is 3.33. The molecule has 0 radical (unpaired) electrons. The summed E-state index contributed by atoms with van der Waals surface area (Å²) in [4.78, 5) is 10.9. The van der Waals surface area contributed by atoms with Crippen LogP contribution in [0.15, 0.2) is 24.3 Å². The van der Waals surface area contributed by atoms with Gasteiger partial charge >= 0.3 is 6.16 Å². The van der Waals surface area contributed by atoms with Gasteiger partial charge in [0.15, 0.2) is 5.82 Å². The van der Waals surface area contributed by atoms with Gasteiger partial charge in [-0.15, -0.1) is 0 Å². The van der Waals surface area contributed by atoms with Crippen LogP contribution in [0.3, 0.4) is 0 Å². The zero-order chi connectivity index (χ0) is 13.1. The fourth-order valence-electron chi connectivity index (χ4n) is 1.24. The zero-order valence-corrected chi connectivity index (χ0v) is 10.1. The Labute approximate surface area is 107 Å². The van der Waals surface area contributed by atoms with Gasteiger partial charge in [-0.05, 0) is 24.3 Å². The predicted molar refractivity (Wildman–Crippen MR) is 63.8 cm³/mol. The second-order valence-electron chi connectivity index (χ2n) is 3.22. The number of rotatable bonds is 2. The first kappa shape index (κ1) is 12.2. The summed E-state index contributed by atoms with van der Waals surface area (Å²) in [6.07, 6.45) is -0.912. The molecule has 1 aromatic heterocycles. The van der Waals surface area contributed by atoms with Gasteiger partial charge in [-0.3, -0.25) is 0 Å². The van der Waals surface area contributed by atoms with Crippen LogP contribution in [-0.4, -0.2) is 28.3 Å². The molecule has 0 spiro atoms. The van der Waals surface area contributed by atoms with Gasteiger partial charge in [-0.25, -0.2) is 4.79 Å². The van der Waals surface area contributed by atoms with Gasteiger partial charge < -0.3 is 15.2 Å². The van der Waals surface area contributed by atoms with Crippen molar-refractivity contribution in [3.63, 3.8) is 0 Å². The summed E-state index contributed by atoms with van der Waals surface area (Å²) in [7, 11) is 1.18. The van der Waals surface area contributed by atoms with Crippen molar-refractivity contribution in [3.05, 3.63) is 29.3 Å². The third kappa shape index (κ3) is 2.35. The van der Waals surface area contributed by atoms with Crippen molar-refractivity contribution in [1.82, 2.24) is 15.0 Å². The first-order valence-corrected chi connectivity index (χ1v) is 5.22. The lowest BCUT2D eigenvalue weighted by molar-refractivity contribution is 0.120. The summed E-state index contributed by atoms with van der Waals surface area (Å²) in [5, 5.41) is 7.99. The summed E-state index contributed by atoms with van der Waals surface area (Å²) in [5.41, 5.74) is 6.39. The SMILES string of the molecule is COC(=O)Oc1nnn(-c2ccc(Cl)cc2)c1N. The highest BCUT2D eigenvalue weighted by Crippen LogP contribution is 2.22. The molecule has 1 heterocycles. The molecule has 2 aromatic rings. The Balaban J connectivity index is 2.30. The molecule has 2 N–H and O–H groups in total. The van der Waals surface area contributed by atoms with Crippen molar-refractivity contribution < 1.29 is 14.3 Å². The fourth-order valence-corrected chi connectivity index (χ4v) is 1.37. The van der Waals surface area contributed by atoms with Gasteiger partial charge in [0, 0.05) is 5.02 Å². The van der Waals surface area contributed by atoms with Gasteiger partial charge in [-0.1, -0.05) is 21.9 Å². The zero-order valence-electron chi connectivity index (χ0n) is 9.33. The van der Waals surface area contributed by atoms with Crippen LogP contribution < -0.4 is 10.5 Å². The third-order valence-corrected chi connectivity index (χ3v) is 2.34. The lowest BCUT2D eigenvalue weighted by atomic mass is 10.3. The van der Waals surface area contributed by atoms with Gasteiger partial charge in [0.2, 0.25) is 0 Å². The molecule has 2 rings (SSSR count). The van der Waals surface area contributed by atoms with E-state index in [1.165, 1.54) is 11.8 Å². The molecule has 0 aliphatic rings. The standard InChI is InChI=1S/C10H9ClN4O3/c1-17-10(16)18-9-8(12)15(14-13-9)7-4-2-6(11)3-5-7/h2-5H,12H2,1H3. The van der Waals surface area contributed by atoms with E-state index < -0.39 is 6.16 Å². The maximum absolute atomic E-state index is 10.9. The number of nitrogen functional groups attached to an aromatic ring is 1. The Morgan fingerprint density at radius 1 is 1.39 bits per heavy atom. The minimum atomic E-state index is -0.912. The highest BCUT2D eigenvalue weighted by atomic mass is 35.5. The number of aromatic nitrogens is 3. The van der Waals surface area contributed by atoms with Crippen LogP contribution in [-0.2, 0) is 4.74 Å². The number of benzene rings is 1. The maximum Gasteiger partial charge on any atom is 0.515 e. The molecule has 94 valence electrons. The normalized spacial score (nSPS) is 10.1. The lowest BCUT2D eigenvalue weighted by Crippen LogP contribution is -2.09. The van der Waals surface area contributed by atoms with Crippen LogP contribution in [0.25, 0.3) is 5.69 Å². The lowest BCUT2D eigenvalue weighted by Gasteiger charge is -2.03. The van der Waals surface area contributed by atoms with Crippen LogP contribution in [0.2, 0.25) is 5.02 Å². The molecule has 0 aliphatic carbocycles. The highest BCUT2D eigenvalue weighted by molar-refractivity contribution is 6.30. The van der Waals surface area contributed by atoms with E-state index in [9.17, 15) is 4.79 Å². The molecule has 0 saturated carbocycles. The van der Waals surface area contributed by atoms with Crippen molar-refractivity contribution >= 4 is 23.6 Å². The topological polar surface area (TPSA) is 92.3 Å².